The molecule has 0 aliphatic carbocycles. The van der Waals surface area contributed by atoms with Crippen molar-refractivity contribution in [2.75, 3.05) is 37.2 Å². The molecule has 25 heavy (non-hydrogen) atoms. The Morgan fingerprint density at radius 2 is 1.88 bits per heavy atom. The molecule has 2 aliphatic heterocycles. The SMILES string of the molecule is CNC1CCN(C(=O)c2ccc3c(c2)CCCN3S(C)(=O)=O)CC1.Cl. The molecular formula is C17H26ClN3O3S. The van der Waals surface area contributed by atoms with Gasteiger partial charge in [0.05, 0.1) is 11.9 Å². The molecule has 0 atom stereocenters. The molecule has 1 saturated heterocycles. The van der Waals surface area contributed by atoms with E-state index in [0.29, 0.717) is 23.8 Å². The van der Waals surface area contributed by atoms with Gasteiger partial charge >= 0.3 is 0 Å². The fourth-order valence-corrected chi connectivity index (χ4v) is 4.59. The third-order valence-corrected chi connectivity index (χ3v) is 6.17. The van der Waals surface area contributed by atoms with Crippen molar-refractivity contribution < 1.29 is 13.2 Å². The van der Waals surface area contributed by atoms with Crippen LogP contribution in [0.25, 0.3) is 0 Å². The minimum absolute atomic E-state index is 0. The van der Waals surface area contributed by atoms with E-state index in [4.69, 9.17) is 0 Å². The minimum Gasteiger partial charge on any atom is -0.339 e. The average Bonchev–Trinajstić information content (AvgIpc) is 2.59. The quantitative estimate of drug-likeness (QED) is 0.856. The van der Waals surface area contributed by atoms with E-state index in [0.717, 1.165) is 44.3 Å². The van der Waals surface area contributed by atoms with Crippen molar-refractivity contribution in [1.82, 2.24) is 10.2 Å². The van der Waals surface area contributed by atoms with Gasteiger partial charge in [-0.15, -0.1) is 12.4 Å². The van der Waals surface area contributed by atoms with Crippen molar-refractivity contribution in [3.8, 4) is 0 Å². The summed E-state index contributed by atoms with van der Waals surface area (Å²) in [4.78, 5) is 14.6. The smallest absolute Gasteiger partial charge is 0.253 e. The zero-order valence-electron chi connectivity index (χ0n) is 14.7. The van der Waals surface area contributed by atoms with Crippen LogP contribution in [0.15, 0.2) is 18.2 Å². The summed E-state index contributed by atoms with van der Waals surface area (Å²) in [5.74, 6) is 0.0452. The summed E-state index contributed by atoms with van der Waals surface area (Å²) < 4.78 is 25.3. The number of sulfonamides is 1. The Kier molecular flexibility index (Phi) is 6.35. The first kappa shape index (κ1) is 20.0. The number of aryl methyl sites for hydroxylation is 1. The topological polar surface area (TPSA) is 69.7 Å². The van der Waals surface area contributed by atoms with Crippen LogP contribution in [0, 0.1) is 0 Å². The molecule has 1 fully saturated rings. The van der Waals surface area contributed by atoms with Crippen LogP contribution in [-0.4, -0.2) is 58.2 Å². The number of anilines is 1. The highest BCUT2D eigenvalue weighted by atomic mass is 35.5. The highest BCUT2D eigenvalue weighted by Gasteiger charge is 2.27. The fraction of sp³-hybridized carbons (Fsp3) is 0.588. The van der Waals surface area contributed by atoms with Crippen molar-refractivity contribution in [2.45, 2.75) is 31.7 Å². The summed E-state index contributed by atoms with van der Waals surface area (Å²) in [6.07, 6.45) is 4.76. The molecule has 0 radical (unpaired) electrons. The van der Waals surface area contributed by atoms with Gasteiger partial charge in [0.25, 0.3) is 5.91 Å². The zero-order chi connectivity index (χ0) is 17.3. The van der Waals surface area contributed by atoms with E-state index in [1.165, 1.54) is 10.6 Å². The van der Waals surface area contributed by atoms with Crippen molar-refractivity contribution >= 4 is 34.0 Å². The first-order chi connectivity index (χ1) is 11.4. The van der Waals surface area contributed by atoms with Gasteiger partial charge in [-0.1, -0.05) is 0 Å². The molecule has 2 aliphatic rings. The van der Waals surface area contributed by atoms with E-state index in [1.807, 2.05) is 18.0 Å². The Balaban J connectivity index is 0.00000225. The number of nitrogens with zero attached hydrogens (tertiary/aromatic N) is 2. The Hall–Kier alpha value is -1.31. The molecule has 2 heterocycles. The third-order valence-electron chi connectivity index (χ3n) is 4.99. The lowest BCUT2D eigenvalue weighted by Crippen LogP contribution is -2.44. The van der Waals surface area contributed by atoms with Gasteiger partial charge in [-0.05, 0) is 56.5 Å². The number of rotatable bonds is 3. The Labute approximate surface area is 156 Å². The number of piperidine rings is 1. The number of hydrogen-bond acceptors (Lipinski definition) is 4. The van der Waals surface area contributed by atoms with E-state index in [1.54, 1.807) is 12.1 Å². The highest BCUT2D eigenvalue weighted by Crippen LogP contribution is 2.30. The van der Waals surface area contributed by atoms with Crippen LogP contribution in [0.1, 0.15) is 35.2 Å². The maximum absolute atomic E-state index is 12.7. The van der Waals surface area contributed by atoms with Crippen molar-refractivity contribution in [2.24, 2.45) is 0 Å². The zero-order valence-corrected chi connectivity index (χ0v) is 16.3. The summed E-state index contributed by atoms with van der Waals surface area (Å²) in [6.45, 7) is 2.03. The number of nitrogens with one attached hydrogen (secondary N) is 1. The van der Waals surface area contributed by atoms with Crippen LogP contribution in [0.4, 0.5) is 5.69 Å². The van der Waals surface area contributed by atoms with E-state index in [9.17, 15) is 13.2 Å². The molecule has 0 unspecified atom stereocenters. The monoisotopic (exact) mass is 387 g/mol. The van der Waals surface area contributed by atoms with Crippen molar-refractivity contribution in [1.29, 1.82) is 0 Å². The van der Waals surface area contributed by atoms with E-state index in [-0.39, 0.29) is 18.3 Å². The molecule has 140 valence electrons. The van der Waals surface area contributed by atoms with Crippen LogP contribution in [0.5, 0.6) is 0 Å². The lowest BCUT2D eigenvalue weighted by Gasteiger charge is -2.33. The fourth-order valence-electron chi connectivity index (χ4n) is 3.59. The van der Waals surface area contributed by atoms with Gasteiger partial charge < -0.3 is 10.2 Å². The molecule has 8 heteroatoms. The predicted octanol–water partition coefficient (Wildman–Crippen LogP) is 1.64. The molecule has 1 aromatic rings. The minimum atomic E-state index is -3.27. The Morgan fingerprint density at radius 1 is 1.20 bits per heavy atom. The van der Waals surface area contributed by atoms with Crippen LogP contribution >= 0.6 is 12.4 Å². The summed E-state index contributed by atoms with van der Waals surface area (Å²) in [7, 11) is -1.31. The lowest BCUT2D eigenvalue weighted by atomic mass is 9.99. The molecule has 1 amide bonds. The second-order valence-corrected chi connectivity index (χ2v) is 8.54. The molecule has 1 N–H and O–H groups in total. The van der Waals surface area contributed by atoms with Crippen molar-refractivity contribution in [3.63, 3.8) is 0 Å². The molecule has 0 saturated carbocycles. The lowest BCUT2D eigenvalue weighted by molar-refractivity contribution is 0.0707. The van der Waals surface area contributed by atoms with Crippen LogP contribution in [0.3, 0.4) is 0 Å². The number of amides is 1. The number of benzene rings is 1. The molecule has 0 aromatic heterocycles. The summed E-state index contributed by atoms with van der Waals surface area (Å²) in [5.41, 5.74) is 2.32. The summed E-state index contributed by atoms with van der Waals surface area (Å²) in [5, 5.41) is 3.26. The normalized spacial score (nSPS) is 18.5. The number of hydrogen-bond donors (Lipinski definition) is 1. The molecule has 1 aromatic carbocycles. The summed E-state index contributed by atoms with van der Waals surface area (Å²) >= 11 is 0. The second-order valence-electron chi connectivity index (χ2n) is 6.64. The first-order valence-corrected chi connectivity index (χ1v) is 10.3. The second kappa shape index (κ2) is 7.93. The van der Waals surface area contributed by atoms with Gasteiger partial charge in [-0.2, -0.15) is 0 Å². The number of likely N-dealkylation sites (tertiary alicyclic amines) is 1. The van der Waals surface area contributed by atoms with Crippen LogP contribution in [0.2, 0.25) is 0 Å². The standard InChI is InChI=1S/C17H25N3O3S.ClH/c1-18-15-7-10-19(11-8-15)17(21)14-5-6-16-13(12-14)4-3-9-20(16)24(2,22)23;/h5-6,12,15,18H,3-4,7-11H2,1-2H3;1H. The van der Waals surface area contributed by atoms with Gasteiger partial charge in [-0.25, -0.2) is 8.42 Å². The highest BCUT2D eigenvalue weighted by molar-refractivity contribution is 7.92. The van der Waals surface area contributed by atoms with Gasteiger partial charge in [0.1, 0.15) is 0 Å². The van der Waals surface area contributed by atoms with E-state index >= 15 is 0 Å². The maximum Gasteiger partial charge on any atom is 0.253 e. The predicted molar refractivity (Wildman–Crippen MR) is 102 cm³/mol. The van der Waals surface area contributed by atoms with Crippen molar-refractivity contribution in [3.05, 3.63) is 29.3 Å². The summed E-state index contributed by atoms with van der Waals surface area (Å²) in [6, 6.07) is 5.90. The van der Waals surface area contributed by atoms with E-state index < -0.39 is 10.0 Å². The van der Waals surface area contributed by atoms with Gasteiger partial charge in [-0.3, -0.25) is 9.10 Å². The number of halogens is 1. The first-order valence-electron chi connectivity index (χ1n) is 8.47. The largest absolute Gasteiger partial charge is 0.339 e. The Bertz CT molecular complexity index is 731. The van der Waals surface area contributed by atoms with E-state index in [2.05, 4.69) is 5.32 Å². The average molecular weight is 388 g/mol. The number of carbonyl (C=O) groups is 1. The molecule has 6 nitrogen and oxygen atoms in total. The van der Waals surface area contributed by atoms with Gasteiger partial charge in [0.15, 0.2) is 0 Å². The number of carbonyl (C=O) groups excluding carboxylic acids is 1. The molecular weight excluding hydrogens is 362 g/mol. The molecule has 3 rings (SSSR count). The van der Waals surface area contributed by atoms with Crippen LogP contribution < -0.4 is 9.62 Å². The van der Waals surface area contributed by atoms with Crippen LogP contribution in [-0.2, 0) is 16.4 Å². The maximum atomic E-state index is 12.7. The molecule has 0 bridgehead atoms. The Morgan fingerprint density at radius 3 is 2.48 bits per heavy atom. The van der Waals surface area contributed by atoms with Gasteiger partial charge in [0, 0.05) is 31.2 Å². The number of fused-ring (bicyclic) bond motifs is 1. The third kappa shape index (κ3) is 4.27. The van der Waals surface area contributed by atoms with Gasteiger partial charge in [0.2, 0.25) is 10.0 Å². The molecule has 0 spiro atoms.